The molecule has 0 spiro atoms. The molecule has 0 aromatic carbocycles. The van der Waals surface area contributed by atoms with E-state index in [1.807, 2.05) is 6.08 Å². The number of hydrogen-bond donors (Lipinski definition) is 0. The second-order valence-electron chi connectivity index (χ2n) is 1.34. The molecule has 0 radical (unpaired) electrons. The summed E-state index contributed by atoms with van der Waals surface area (Å²) < 4.78 is 0. The maximum absolute atomic E-state index is 8.01. The van der Waals surface area contributed by atoms with Crippen molar-refractivity contribution in [2.75, 3.05) is 0 Å². The molecule has 0 atom stereocenters. The number of nitrogens with zero attached hydrogens (tertiary/aromatic N) is 1. The van der Waals surface area contributed by atoms with E-state index in [2.05, 4.69) is 12.6 Å². The van der Waals surface area contributed by atoms with Crippen molar-refractivity contribution in [3.8, 4) is 6.07 Å². The van der Waals surface area contributed by atoms with Crippen molar-refractivity contribution in [2.45, 2.75) is 19.3 Å². The predicted molar refractivity (Wildman–Crippen MR) is 29.7 cm³/mol. The summed E-state index contributed by atoms with van der Waals surface area (Å²) in [5.74, 6) is 0. The molecule has 1 heteroatoms. The van der Waals surface area contributed by atoms with E-state index in [1.165, 1.54) is 0 Å². The molecule has 0 rings (SSSR count). The van der Waals surface area contributed by atoms with Crippen LogP contribution in [0, 0.1) is 11.3 Å². The molecule has 7 heavy (non-hydrogen) atoms. The van der Waals surface area contributed by atoms with Crippen LogP contribution < -0.4 is 0 Å². The molecule has 0 aliphatic carbocycles. The Hall–Kier alpha value is -0.770. The van der Waals surface area contributed by atoms with Gasteiger partial charge in [0.2, 0.25) is 0 Å². The minimum Gasteiger partial charge on any atom is -0.198 e. The number of nitriles is 1. The molecule has 1 nitrogen and oxygen atoms in total. The maximum atomic E-state index is 8.01. The molecule has 0 aliphatic heterocycles. The lowest BCUT2D eigenvalue weighted by molar-refractivity contribution is 0.878. The van der Waals surface area contributed by atoms with Crippen LogP contribution in [-0.2, 0) is 0 Å². The molecule has 0 heterocycles. The van der Waals surface area contributed by atoms with Crippen molar-refractivity contribution >= 4 is 0 Å². The van der Waals surface area contributed by atoms with Crippen LogP contribution in [0.3, 0.4) is 0 Å². The molecule has 0 aliphatic rings. The fraction of sp³-hybridized carbons (Fsp3) is 0.500. The van der Waals surface area contributed by atoms with Crippen molar-refractivity contribution in [1.29, 1.82) is 5.26 Å². The van der Waals surface area contributed by atoms with E-state index >= 15 is 0 Å². The molecule has 0 saturated carbocycles. The van der Waals surface area contributed by atoms with Crippen LogP contribution in [0.5, 0.6) is 0 Å². The molecule has 38 valence electrons. The summed E-state index contributed by atoms with van der Waals surface area (Å²) in [6, 6.07) is 2.05. The highest BCUT2D eigenvalue weighted by atomic mass is 14.2. The van der Waals surface area contributed by atoms with Crippen LogP contribution in [0.25, 0.3) is 0 Å². The summed E-state index contributed by atoms with van der Waals surface area (Å²) in [5.41, 5.74) is 0. The van der Waals surface area contributed by atoms with Gasteiger partial charge in [0.25, 0.3) is 0 Å². The SMILES string of the molecule is C=CCCCC#N. The second-order valence-corrected chi connectivity index (χ2v) is 1.34. The lowest BCUT2D eigenvalue weighted by Gasteiger charge is -1.80. The van der Waals surface area contributed by atoms with E-state index in [0.717, 1.165) is 12.8 Å². The van der Waals surface area contributed by atoms with Crippen molar-refractivity contribution in [3.63, 3.8) is 0 Å². The third-order valence-electron chi connectivity index (χ3n) is 0.697. The Kier molecular flexibility index (Phi) is 4.65. The highest BCUT2D eigenvalue weighted by Gasteiger charge is 1.76. The van der Waals surface area contributed by atoms with Crippen LogP contribution >= 0.6 is 0 Å². The molecule has 0 amide bonds. The molecule has 0 aromatic heterocycles. The van der Waals surface area contributed by atoms with Gasteiger partial charge in [0.15, 0.2) is 0 Å². The van der Waals surface area contributed by atoms with E-state index in [1.54, 1.807) is 0 Å². The molecule has 0 fully saturated rings. The van der Waals surface area contributed by atoms with Gasteiger partial charge in [0.1, 0.15) is 0 Å². The van der Waals surface area contributed by atoms with Gasteiger partial charge in [-0.25, -0.2) is 0 Å². The maximum Gasteiger partial charge on any atom is 0.0621 e. The van der Waals surface area contributed by atoms with E-state index in [-0.39, 0.29) is 0 Å². The van der Waals surface area contributed by atoms with Crippen molar-refractivity contribution in [3.05, 3.63) is 12.7 Å². The average molecular weight is 95.1 g/mol. The minimum atomic E-state index is 0.659. The van der Waals surface area contributed by atoms with E-state index in [4.69, 9.17) is 5.26 Å². The lowest BCUT2D eigenvalue weighted by atomic mass is 10.2. The molecule has 0 saturated heterocycles. The fourth-order valence-corrected chi connectivity index (χ4v) is 0.325. The zero-order valence-electron chi connectivity index (χ0n) is 4.35. The van der Waals surface area contributed by atoms with Gasteiger partial charge >= 0.3 is 0 Å². The predicted octanol–water partition coefficient (Wildman–Crippen LogP) is 1.87. The smallest absolute Gasteiger partial charge is 0.0621 e. The van der Waals surface area contributed by atoms with Crippen molar-refractivity contribution < 1.29 is 0 Å². The van der Waals surface area contributed by atoms with Gasteiger partial charge in [0, 0.05) is 6.42 Å². The summed E-state index contributed by atoms with van der Waals surface area (Å²) in [4.78, 5) is 0. The first-order valence-electron chi connectivity index (χ1n) is 2.39. The van der Waals surface area contributed by atoms with Crippen molar-refractivity contribution in [1.82, 2.24) is 0 Å². The zero-order chi connectivity index (χ0) is 5.54. The standard InChI is InChI=1S/C6H9N/c1-2-3-4-5-6-7/h2H,1,3-5H2. The highest BCUT2D eigenvalue weighted by molar-refractivity contribution is 4.73. The Labute approximate surface area is 44.3 Å². The van der Waals surface area contributed by atoms with Crippen molar-refractivity contribution in [2.24, 2.45) is 0 Å². The minimum absolute atomic E-state index is 0.659. The molecule has 0 N–H and O–H groups in total. The van der Waals surface area contributed by atoms with Crippen LogP contribution in [0.4, 0.5) is 0 Å². The Balaban J connectivity index is 2.72. The average Bonchev–Trinajstić information content (AvgIpc) is 1.69. The van der Waals surface area contributed by atoms with E-state index < -0.39 is 0 Å². The number of hydrogen-bond acceptors (Lipinski definition) is 1. The van der Waals surface area contributed by atoms with E-state index in [9.17, 15) is 0 Å². The first-order chi connectivity index (χ1) is 3.41. The fourth-order valence-electron chi connectivity index (χ4n) is 0.325. The van der Waals surface area contributed by atoms with Crippen LogP contribution in [-0.4, -0.2) is 0 Å². The van der Waals surface area contributed by atoms with Crippen LogP contribution in [0.2, 0.25) is 0 Å². The topological polar surface area (TPSA) is 23.8 Å². The molecule has 0 bridgehead atoms. The number of unbranched alkanes of at least 4 members (excludes halogenated alkanes) is 2. The van der Waals surface area contributed by atoms with Crippen LogP contribution in [0.15, 0.2) is 12.7 Å². The third kappa shape index (κ3) is 5.23. The summed E-state index contributed by atoms with van der Waals surface area (Å²) >= 11 is 0. The molecule has 0 unspecified atom stereocenters. The monoisotopic (exact) mass is 95.1 g/mol. The zero-order valence-corrected chi connectivity index (χ0v) is 4.35. The highest BCUT2D eigenvalue weighted by Crippen LogP contribution is 1.91. The lowest BCUT2D eigenvalue weighted by Crippen LogP contribution is -1.65. The summed E-state index contributed by atoms with van der Waals surface area (Å²) in [7, 11) is 0. The van der Waals surface area contributed by atoms with Gasteiger partial charge in [-0.15, -0.1) is 6.58 Å². The molecule has 0 aromatic rings. The van der Waals surface area contributed by atoms with Gasteiger partial charge in [0.05, 0.1) is 6.07 Å². The van der Waals surface area contributed by atoms with Gasteiger partial charge in [-0.2, -0.15) is 5.26 Å². The molecular formula is C6H9N. The van der Waals surface area contributed by atoms with E-state index in [0.29, 0.717) is 6.42 Å². The number of rotatable bonds is 3. The third-order valence-corrected chi connectivity index (χ3v) is 0.697. The van der Waals surface area contributed by atoms with Crippen LogP contribution in [0.1, 0.15) is 19.3 Å². The normalized spacial score (nSPS) is 7.29. The summed E-state index contributed by atoms with van der Waals surface area (Å²) in [6.45, 7) is 3.52. The van der Waals surface area contributed by atoms with Gasteiger partial charge in [-0.1, -0.05) is 6.08 Å². The second kappa shape index (κ2) is 5.23. The molecular weight excluding hydrogens is 86.1 g/mol. The Morgan fingerprint density at radius 1 is 1.71 bits per heavy atom. The Bertz CT molecular complexity index is 78.7. The van der Waals surface area contributed by atoms with Gasteiger partial charge < -0.3 is 0 Å². The quantitative estimate of drug-likeness (QED) is 0.387. The first kappa shape index (κ1) is 6.23. The Morgan fingerprint density at radius 2 is 2.43 bits per heavy atom. The largest absolute Gasteiger partial charge is 0.198 e. The first-order valence-corrected chi connectivity index (χ1v) is 2.39. The van der Waals surface area contributed by atoms with Gasteiger partial charge in [-0.3, -0.25) is 0 Å². The number of allylic oxidation sites excluding steroid dienone is 1. The Morgan fingerprint density at radius 3 is 2.86 bits per heavy atom. The summed E-state index contributed by atoms with van der Waals surface area (Å²) in [5, 5.41) is 8.01. The van der Waals surface area contributed by atoms with Gasteiger partial charge in [-0.05, 0) is 12.8 Å². The summed E-state index contributed by atoms with van der Waals surface area (Å²) in [6.07, 6.45) is 4.41.